The molecule has 2 rings (SSSR count). The van der Waals surface area contributed by atoms with Gasteiger partial charge in [0.05, 0.1) is 5.69 Å². The molecule has 1 fully saturated rings. The summed E-state index contributed by atoms with van der Waals surface area (Å²) in [5, 5.41) is 4.62. The van der Waals surface area contributed by atoms with Gasteiger partial charge in [-0.15, -0.1) is 0 Å². The summed E-state index contributed by atoms with van der Waals surface area (Å²) in [4.78, 5) is 0. The van der Waals surface area contributed by atoms with Crippen molar-refractivity contribution in [3.8, 4) is 0 Å². The second-order valence-electron chi connectivity index (χ2n) is 5.28. The van der Waals surface area contributed by atoms with Gasteiger partial charge in [0.2, 0.25) is 0 Å². The van der Waals surface area contributed by atoms with E-state index in [2.05, 4.69) is 29.7 Å². The Morgan fingerprint density at radius 3 is 2.59 bits per heavy atom. The van der Waals surface area contributed by atoms with Gasteiger partial charge in [0.25, 0.3) is 0 Å². The fourth-order valence-electron chi connectivity index (χ4n) is 2.81. The van der Waals surface area contributed by atoms with Crippen LogP contribution in [-0.2, 0) is 19.4 Å². The zero-order valence-corrected chi connectivity index (χ0v) is 11.2. The van der Waals surface area contributed by atoms with Crippen LogP contribution in [0.1, 0.15) is 50.9 Å². The molecule has 0 aliphatic heterocycles. The van der Waals surface area contributed by atoms with Crippen LogP contribution >= 0.6 is 0 Å². The summed E-state index contributed by atoms with van der Waals surface area (Å²) in [5.41, 5.74) is 8.61. The second kappa shape index (κ2) is 5.67. The average molecular weight is 235 g/mol. The molecule has 1 heterocycles. The summed E-state index contributed by atoms with van der Waals surface area (Å²) in [7, 11) is 0. The first-order chi connectivity index (χ1) is 8.22. The van der Waals surface area contributed by atoms with Gasteiger partial charge in [0, 0.05) is 18.3 Å². The van der Waals surface area contributed by atoms with Crippen molar-refractivity contribution < 1.29 is 0 Å². The maximum Gasteiger partial charge on any atom is 0.0624 e. The Kier molecular flexibility index (Phi) is 4.21. The van der Waals surface area contributed by atoms with Gasteiger partial charge >= 0.3 is 0 Å². The van der Waals surface area contributed by atoms with E-state index in [1.807, 2.05) is 0 Å². The molecule has 0 radical (unpaired) electrons. The van der Waals surface area contributed by atoms with Crippen molar-refractivity contribution in [1.29, 1.82) is 0 Å². The lowest BCUT2D eigenvalue weighted by molar-refractivity contribution is 0.319. The topological polar surface area (TPSA) is 43.8 Å². The molecular formula is C14H25N3. The molecule has 0 unspecified atom stereocenters. The number of nitrogens with zero attached hydrogens (tertiary/aromatic N) is 2. The van der Waals surface area contributed by atoms with Gasteiger partial charge in [-0.3, -0.25) is 4.68 Å². The van der Waals surface area contributed by atoms with Crippen LogP contribution in [0, 0.1) is 5.92 Å². The highest BCUT2D eigenvalue weighted by atomic mass is 15.3. The van der Waals surface area contributed by atoms with Gasteiger partial charge in [-0.1, -0.05) is 6.92 Å². The van der Waals surface area contributed by atoms with Crippen LogP contribution in [0.4, 0.5) is 0 Å². The first-order valence-electron chi connectivity index (χ1n) is 7.04. The van der Waals surface area contributed by atoms with Crippen molar-refractivity contribution in [3.63, 3.8) is 0 Å². The molecule has 17 heavy (non-hydrogen) atoms. The van der Waals surface area contributed by atoms with E-state index in [9.17, 15) is 0 Å². The number of rotatable bonds is 4. The third-order valence-corrected chi connectivity index (χ3v) is 3.96. The van der Waals surface area contributed by atoms with Gasteiger partial charge in [-0.05, 0) is 57.4 Å². The quantitative estimate of drug-likeness (QED) is 0.871. The first-order valence-corrected chi connectivity index (χ1v) is 7.04. The largest absolute Gasteiger partial charge is 0.328 e. The van der Waals surface area contributed by atoms with Gasteiger partial charge in [-0.2, -0.15) is 5.10 Å². The summed E-state index contributed by atoms with van der Waals surface area (Å²) in [6.07, 6.45) is 7.20. The molecule has 2 N–H and O–H groups in total. The molecule has 1 aromatic heterocycles. The Bertz CT molecular complexity index is 348. The van der Waals surface area contributed by atoms with Crippen LogP contribution in [0.15, 0.2) is 6.07 Å². The predicted molar refractivity (Wildman–Crippen MR) is 70.9 cm³/mol. The molecule has 0 atom stereocenters. The molecular weight excluding hydrogens is 210 g/mol. The number of aromatic nitrogens is 2. The number of aryl methyl sites for hydroxylation is 2. The van der Waals surface area contributed by atoms with Crippen LogP contribution < -0.4 is 5.73 Å². The van der Waals surface area contributed by atoms with Crippen molar-refractivity contribution in [3.05, 3.63) is 17.5 Å². The highest BCUT2D eigenvalue weighted by molar-refractivity contribution is 5.11. The minimum Gasteiger partial charge on any atom is -0.328 e. The summed E-state index contributed by atoms with van der Waals surface area (Å²) < 4.78 is 2.17. The van der Waals surface area contributed by atoms with Crippen molar-refractivity contribution in [2.24, 2.45) is 11.7 Å². The van der Waals surface area contributed by atoms with Crippen LogP contribution in [-0.4, -0.2) is 15.8 Å². The van der Waals surface area contributed by atoms with Crippen molar-refractivity contribution in [1.82, 2.24) is 9.78 Å². The Morgan fingerprint density at radius 2 is 2.00 bits per heavy atom. The molecule has 0 spiro atoms. The summed E-state index contributed by atoms with van der Waals surface area (Å²) in [5.74, 6) is 0.821. The zero-order valence-electron chi connectivity index (χ0n) is 11.2. The number of hydrogen-bond donors (Lipinski definition) is 1. The van der Waals surface area contributed by atoms with E-state index >= 15 is 0 Å². The van der Waals surface area contributed by atoms with Crippen molar-refractivity contribution in [2.45, 2.75) is 65.0 Å². The van der Waals surface area contributed by atoms with E-state index in [1.54, 1.807) is 0 Å². The van der Waals surface area contributed by atoms with Gasteiger partial charge in [0.15, 0.2) is 0 Å². The van der Waals surface area contributed by atoms with Crippen LogP contribution in [0.25, 0.3) is 0 Å². The molecule has 3 heteroatoms. The third kappa shape index (κ3) is 3.09. The second-order valence-corrected chi connectivity index (χ2v) is 5.28. The Morgan fingerprint density at radius 1 is 1.29 bits per heavy atom. The van der Waals surface area contributed by atoms with E-state index in [0.29, 0.717) is 6.04 Å². The normalized spacial score (nSPS) is 25.1. The fourth-order valence-corrected chi connectivity index (χ4v) is 2.81. The number of nitrogens with two attached hydrogens (primary N) is 1. The average Bonchev–Trinajstić information content (AvgIpc) is 2.74. The predicted octanol–water partition coefficient (Wildman–Crippen LogP) is 2.53. The van der Waals surface area contributed by atoms with E-state index < -0.39 is 0 Å². The maximum absolute atomic E-state index is 5.95. The molecule has 96 valence electrons. The molecule has 0 bridgehead atoms. The molecule has 1 aliphatic carbocycles. The smallest absolute Gasteiger partial charge is 0.0624 e. The lowest BCUT2D eigenvalue weighted by atomic mass is 9.84. The van der Waals surface area contributed by atoms with Gasteiger partial charge < -0.3 is 5.73 Å². The van der Waals surface area contributed by atoms with Gasteiger partial charge in [-0.25, -0.2) is 0 Å². The minimum atomic E-state index is 0.452. The Hall–Kier alpha value is -0.830. The lowest BCUT2D eigenvalue weighted by Gasteiger charge is -2.26. The first kappa shape index (κ1) is 12.6. The summed E-state index contributed by atoms with van der Waals surface area (Å²) in [6, 6.07) is 2.74. The zero-order chi connectivity index (χ0) is 12.3. The van der Waals surface area contributed by atoms with E-state index in [1.165, 1.54) is 43.5 Å². The molecule has 3 nitrogen and oxygen atoms in total. The van der Waals surface area contributed by atoms with Gasteiger partial charge in [0.1, 0.15) is 0 Å². The Balaban J connectivity index is 1.99. The maximum atomic E-state index is 5.95. The van der Waals surface area contributed by atoms with E-state index in [4.69, 9.17) is 5.73 Å². The molecule has 1 saturated carbocycles. The van der Waals surface area contributed by atoms with Crippen LogP contribution in [0.2, 0.25) is 0 Å². The molecule has 1 aliphatic rings. The third-order valence-electron chi connectivity index (χ3n) is 3.96. The molecule has 0 aromatic carbocycles. The SMILES string of the molecule is CCc1cc(CC2CCC(N)CC2)n(CC)n1. The minimum absolute atomic E-state index is 0.452. The Labute approximate surface area is 104 Å². The van der Waals surface area contributed by atoms with Crippen LogP contribution in [0.5, 0.6) is 0 Å². The fraction of sp³-hybridized carbons (Fsp3) is 0.786. The molecule has 1 aromatic rings. The highest BCUT2D eigenvalue weighted by Gasteiger charge is 2.20. The monoisotopic (exact) mass is 235 g/mol. The van der Waals surface area contributed by atoms with E-state index in [-0.39, 0.29) is 0 Å². The van der Waals surface area contributed by atoms with Crippen molar-refractivity contribution >= 4 is 0 Å². The summed E-state index contributed by atoms with van der Waals surface area (Å²) in [6.45, 7) is 5.33. The van der Waals surface area contributed by atoms with Crippen molar-refractivity contribution in [2.75, 3.05) is 0 Å². The molecule has 0 saturated heterocycles. The summed E-state index contributed by atoms with van der Waals surface area (Å²) >= 11 is 0. The standard InChI is InChI=1S/C14H25N3/c1-3-13-10-14(17(4-2)16-13)9-11-5-7-12(15)8-6-11/h10-12H,3-9,15H2,1-2H3. The lowest BCUT2D eigenvalue weighted by Crippen LogP contribution is -2.27. The van der Waals surface area contributed by atoms with E-state index in [0.717, 1.165) is 18.9 Å². The van der Waals surface area contributed by atoms with Crippen LogP contribution in [0.3, 0.4) is 0 Å². The highest BCUT2D eigenvalue weighted by Crippen LogP contribution is 2.26. The number of hydrogen-bond acceptors (Lipinski definition) is 2. The molecule has 0 amide bonds.